The lowest BCUT2D eigenvalue weighted by Gasteiger charge is -2.22. The van der Waals surface area contributed by atoms with Gasteiger partial charge >= 0.3 is 0 Å². The van der Waals surface area contributed by atoms with Crippen LogP contribution < -0.4 is 0 Å². The molecule has 1 aromatic rings. The molecule has 25 heavy (non-hydrogen) atoms. The van der Waals surface area contributed by atoms with E-state index in [-0.39, 0.29) is 6.29 Å². The Hall–Kier alpha value is -1.42. The van der Waals surface area contributed by atoms with Gasteiger partial charge in [-0.3, -0.25) is 0 Å². The lowest BCUT2D eigenvalue weighted by atomic mass is 10.1. The summed E-state index contributed by atoms with van der Waals surface area (Å²) in [6.07, 6.45) is 9.95. The Bertz CT molecular complexity index is 527. The van der Waals surface area contributed by atoms with Crippen molar-refractivity contribution in [3.05, 3.63) is 59.2 Å². The first-order chi connectivity index (χ1) is 12.2. The summed E-state index contributed by atoms with van der Waals surface area (Å²) in [4.78, 5) is 0. The highest BCUT2D eigenvalue weighted by Crippen LogP contribution is 2.14. The van der Waals surface area contributed by atoms with E-state index in [2.05, 4.69) is 38.1 Å². The van der Waals surface area contributed by atoms with E-state index in [1.165, 1.54) is 23.1 Å². The highest BCUT2D eigenvalue weighted by molar-refractivity contribution is 5.13. The van der Waals surface area contributed by atoms with E-state index >= 15 is 0 Å². The van der Waals surface area contributed by atoms with Crippen molar-refractivity contribution in [2.24, 2.45) is 0 Å². The molecule has 1 aliphatic heterocycles. The molecule has 1 heterocycles. The quantitative estimate of drug-likeness (QED) is 0.530. The maximum absolute atomic E-state index is 5.75. The summed E-state index contributed by atoms with van der Waals surface area (Å²) in [6, 6.07) is 10.3. The highest BCUT2D eigenvalue weighted by atomic mass is 16.7. The molecule has 0 radical (unpaired) electrons. The van der Waals surface area contributed by atoms with Crippen molar-refractivity contribution in [1.82, 2.24) is 0 Å². The summed E-state index contributed by atoms with van der Waals surface area (Å²) in [5.41, 5.74) is 3.87. The first-order valence-electron chi connectivity index (χ1n) is 9.40. The van der Waals surface area contributed by atoms with E-state index in [1.54, 1.807) is 0 Å². The molecule has 1 saturated heterocycles. The molecular weight excluding hydrogens is 312 g/mol. The van der Waals surface area contributed by atoms with Gasteiger partial charge in [-0.2, -0.15) is 0 Å². The molecule has 3 nitrogen and oxygen atoms in total. The first-order valence-corrected chi connectivity index (χ1v) is 9.40. The maximum atomic E-state index is 5.75. The number of benzene rings is 1. The predicted octanol–water partition coefficient (Wildman–Crippen LogP) is 5.42. The van der Waals surface area contributed by atoms with Crippen molar-refractivity contribution in [1.29, 1.82) is 0 Å². The second-order valence-corrected chi connectivity index (χ2v) is 6.75. The summed E-state index contributed by atoms with van der Waals surface area (Å²) < 4.78 is 17.1. The number of hydrogen-bond acceptors (Lipinski definition) is 3. The van der Waals surface area contributed by atoms with E-state index in [9.17, 15) is 0 Å². The minimum Gasteiger partial charge on any atom is -0.372 e. The monoisotopic (exact) mass is 344 g/mol. The van der Waals surface area contributed by atoms with Gasteiger partial charge in [-0.05, 0) is 51.5 Å². The van der Waals surface area contributed by atoms with Crippen LogP contribution in [0.2, 0.25) is 0 Å². The second kappa shape index (κ2) is 12.0. The van der Waals surface area contributed by atoms with E-state index in [4.69, 9.17) is 14.2 Å². The molecule has 0 saturated carbocycles. The molecule has 0 bridgehead atoms. The lowest BCUT2D eigenvalue weighted by Crippen LogP contribution is -2.22. The number of allylic oxidation sites excluding steroid dienone is 2. The van der Waals surface area contributed by atoms with Crippen molar-refractivity contribution in [2.45, 2.75) is 58.8 Å². The van der Waals surface area contributed by atoms with E-state index in [1.807, 2.05) is 18.2 Å². The normalized spacial score (nSPS) is 19.2. The minimum atomic E-state index is 0.00158. The zero-order valence-electron chi connectivity index (χ0n) is 15.7. The van der Waals surface area contributed by atoms with Gasteiger partial charge < -0.3 is 14.2 Å². The third kappa shape index (κ3) is 9.01. The summed E-state index contributed by atoms with van der Waals surface area (Å²) >= 11 is 0. The molecule has 0 spiro atoms. The summed E-state index contributed by atoms with van der Waals surface area (Å²) in [7, 11) is 0. The SMILES string of the molecule is C/C(=C\COC1CCCCO1)CC/C=C(\C)COCc1ccccc1. The van der Waals surface area contributed by atoms with Gasteiger partial charge in [0, 0.05) is 6.61 Å². The third-order valence-electron chi connectivity index (χ3n) is 4.32. The number of hydrogen-bond donors (Lipinski definition) is 0. The minimum absolute atomic E-state index is 0.00158. The smallest absolute Gasteiger partial charge is 0.157 e. The van der Waals surface area contributed by atoms with Gasteiger partial charge in [0.1, 0.15) is 0 Å². The van der Waals surface area contributed by atoms with Gasteiger partial charge in [-0.1, -0.05) is 53.6 Å². The van der Waals surface area contributed by atoms with Crippen molar-refractivity contribution in [2.75, 3.05) is 19.8 Å². The summed E-state index contributed by atoms with van der Waals surface area (Å²) in [6.45, 7) is 7.15. The average molecular weight is 344 g/mol. The van der Waals surface area contributed by atoms with Crippen molar-refractivity contribution < 1.29 is 14.2 Å². The van der Waals surface area contributed by atoms with Crippen LogP contribution in [0.4, 0.5) is 0 Å². The number of ether oxygens (including phenoxy) is 3. The second-order valence-electron chi connectivity index (χ2n) is 6.75. The fourth-order valence-corrected chi connectivity index (χ4v) is 2.75. The molecule has 1 fully saturated rings. The Labute approximate surface area is 152 Å². The van der Waals surface area contributed by atoms with Gasteiger partial charge in [0.25, 0.3) is 0 Å². The average Bonchev–Trinajstić information content (AvgIpc) is 2.63. The highest BCUT2D eigenvalue weighted by Gasteiger charge is 2.12. The van der Waals surface area contributed by atoms with Crippen molar-refractivity contribution >= 4 is 0 Å². The molecule has 3 heteroatoms. The van der Waals surface area contributed by atoms with Crippen LogP contribution in [-0.2, 0) is 20.8 Å². The van der Waals surface area contributed by atoms with Crippen LogP contribution in [0.1, 0.15) is 51.5 Å². The van der Waals surface area contributed by atoms with Gasteiger partial charge in [0.05, 0.1) is 19.8 Å². The molecule has 0 N–H and O–H groups in total. The van der Waals surface area contributed by atoms with Crippen LogP contribution in [0.25, 0.3) is 0 Å². The van der Waals surface area contributed by atoms with Gasteiger partial charge in [0.15, 0.2) is 6.29 Å². The van der Waals surface area contributed by atoms with E-state index in [0.29, 0.717) is 19.8 Å². The van der Waals surface area contributed by atoms with E-state index < -0.39 is 0 Å². The van der Waals surface area contributed by atoms with Gasteiger partial charge in [-0.25, -0.2) is 0 Å². The van der Waals surface area contributed by atoms with Crippen LogP contribution >= 0.6 is 0 Å². The fraction of sp³-hybridized carbons (Fsp3) is 0.545. The van der Waals surface area contributed by atoms with Gasteiger partial charge in [0.2, 0.25) is 0 Å². The first kappa shape index (κ1) is 19.9. The molecular formula is C22H32O3. The number of rotatable bonds is 10. The summed E-state index contributed by atoms with van der Waals surface area (Å²) in [5, 5.41) is 0. The van der Waals surface area contributed by atoms with Crippen molar-refractivity contribution in [3.8, 4) is 0 Å². The largest absolute Gasteiger partial charge is 0.372 e. The standard InChI is InChI=1S/C22H32O3/c1-19(14-16-25-22-13-6-7-15-24-22)9-8-10-20(2)17-23-18-21-11-4-3-5-12-21/h3-5,10-12,14,22H,6-9,13,15-18H2,1-2H3/b19-14+,20-10+. The van der Waals surface area contributed by atoms with Crippen LogP contribution in [0, 0.1) is 0 Å². The molecule has 1 aliphatic rings. The van der Waals surface area contributed by atoms with Crippen molar-refractivity contribution in [3.63, 3.8) is 0 Å². The lowest BCUT2D eigenvalue weighted by molar-refractivity contribution is -0.155. The molecule has 1 atom stereocenters. The van der Waals surface area contributed by atoms with Crippen LogP contribution in [0.3, 0.4) is 0 Å². The van der Waals surface area contributed by atoms with Gasteiger partial charge in [-0.15, -0.1) is 0 Å². The zero-order valence-corrected chi connectivity index (χ0v) is 15.7. The van der Waals surface area contributed by atoms with Crippen LogP contribution in [-0.4, -0.2) is 26.1 Å². The Kier molecular flexibility index (Phi) is 9.57. The topological polar surface area (TPSA) is 27.7 Å². The van der Waals surface area contributed by atoms with Crippen LogP contribution in [0.5, 0.6) is 0 Å². The van der Waals surface area contributed by atoms with Crippen LogP contribution in [0.15, 0.2) is 53.6 Å². The molecule has 2 rings (SSSR count). The Morgan fingerprint density at radius 2 is 1.96 bits per heavy atom. The molecule has 0 aromatic heterocycles. The Balaban J connectivity index is 1.56. The Morgan fingerprint density at radius 1 is 1.12 bits per heavy atom. The maximum Gasteiger partial charge on any atom is 0.157 e. The summed E-state index contributed by atoms with van der Waals surface area (Å²) in [5.74, 6) is 0. The molecule has 1 aromatic carbocycles. The fourth-order valence-electron chi connectivity index (χ4n) is 2.75. The third-order valence-corrected chi connectivity index (χ3v) is 4.32. The molecule has 138 valence electrons. The molecule has 1 unspecified atom stereocenters. The zero-order chi connectivity index (χ0) is 17.7. The molecule has 0 aliphatic carbocycles. The van der Waals surface area contributed by atoms with E-state index in [0.717, 1.165) is 32.3 Å². The Morgan fingerprint density at radius 3 is 2.72 bits per heavy atom. The molecule has 0 amide bonds. The predicted molar refractivity (Wildman–Crippen MR) is 102 cm³/mol.